The summed E-state index contributed by atoms with van der Waals surface area (Å²) in [6.07, 6.45) is 2.58. The van der Waals surface area contributed by atoms with Gasteiger partial charge in [0, 0.05) is 25.3 Å². The van der Waals surface area contributed by atoms with Gasteiger partial charge in [-0.05, 0) is 44.4 Å². The molecule has 1 amide bonds. The number of carbonyl (C=O) groups excluding carboxylic acids is 2. The summed E-state index contributed by atoms with van der Waals surface area (Å²) >= 11 is 0. The summed E-state index contributed by atoms with van der Waals surface area (Å²) in [4.78, 5) is 26.1. The number of ether oxygens (including phenoxy) is 2. The summed E-state index contributed by atoms with van der Waals surface area (Å²) in [6, 6.07) is 9.48. The van der Waals surface area contributed by atoms with Gasteiger partial charge in [0.25, 0.3) is 5.91 Å². The van der Waals surface area contributed by atoms with Crippen molar-refractivity contribution in [2.75, 3.05) is 26.8 Å². The number of nitrogens with one attached hydrogen (secondary N) is 1. The van der Waals surface area contributed by atoms with Gasteiger partial charge in [0.1, 0.15) is 17.4 Å². The molecule has 2 rings (SSSR count). The van der Waals surface area contributed by atoms with E-state index in [0.29, 0.717) is 32.5 Å². The van der Waals surface area contributed by atoms with Gasteiger partial charge in [-0.25, -0.2) is 0 Å². The molecule has 0 spiro atoms. The summed E-state index contributed by atoms with van der Waals surface area (Å²) in [5, 5.41) is 12.5. The number of hydrogen-bond acceptors (Lipinski definition) is 6. The molecule has 0 aromatic heterocycles. The van der Waals surface area contributed by atoms with E-state index >= 15 is 0 Å². The van der Waals surface area contributed by atoms with E-state index in [-0.39, 0.29) is 29.4 Å². The molecular formula is C21H27N3O4. The second kappa shape index (κ2) is 10.4. The predicted octanol–water partition coefficient (Wildman–Crippen LogP) is 2.55. The Morgan fingerprint density at radius 1 is 1.32 bits per heavy atom. The van der Waals surface area contributed by atoms with Crippen LogP contribution in [0.25, 0.3) is 0 Å². The standard InChI is InChI=1S/C21H27N3O4/c1-4-28-21(26)17-9-11-24(12-10-17)20(25)18(13-22)14-23-15(2)16-5-7-19(27-3)8-6-16/h5-8,14-15,17,23H,4,9-12H2,1-3H3/b18-14-. The van der Waals surface area contributed by atoms with Crippen LogP contribution in [-0.4, -0.2) is 43.6 Å². The average molecular weight is 385 g/mol. The number of amides is 1. The predicted molar refractivity (Wildman–Crippen MR) is 104 cm³/mol. The lowest BCUT2D eigenvalue weighted by Crippen LogP contribution is -2.41. The van der Waals surface area contributed by atoms with Crippen molar-refractivity contribution in [1.29, 1.82) is 5.26 Å². The zero-order chi connectivity index (χ0) is 20.5. The van der Waals surface area contributed by atoms with E-state index < -0.39 is 0 Å². The van der Waals surface area contributed by atoms with Gasteiger partial charge >= 0.3 is 5.97 Å². The zero-order valence-corrected chi connectivity index (χ0v) is 16.6. The Bertz CT molecular complexity index is 744. The molecule has 1 N–H and O–H groups in total. The molecule has 28 heavy (non-hydrogen) atoms. The maximum absolute atomic E-state index is 12.6. The minimum absolute atomic E-state index is 0.0509. The minimum Gasteiger partial charge on any atom is -0.497 e. The van der Waals surface area contributed by atoms with Crippen LogP contribution in [0.4, 0.5) is 0 Å². The maximum atomic E-state index is 12.6. The highest BCUT2D eigenvalue weighted by Crippen LogP contribution is 2.21. The van der Waals surface area contributed by atoms with E-state index in [1.165, 1.54) is 6.20 Å². The Morgan fingerprint density at radius 2 is 1.96 bits per heavy atom. The Balaban J connectivity index is 1.93. The number of nitriles is 1. The van der Waals surface area contributed by atoms with Crippen molar-refractivity contribution < 1.29 is 19.1 Å². The lowest BCUT2D eigenvalue weighted by atomic mass is 9.96. The molecule has 0 aliphatic carbocycles. The number of nitrogens with zero attached hydrogens (tertiary/aromatic N) is 2. The zero-order valence-electron chi connectivity index (χ0n) is 16.6. The average Bonchev–Trinajstić information content (AvgIpc) is 2.74. The van der Waals surface area contributed by atoms with Gasteiger partial charge in [0.15, 0.2) is 0 Å². The third kappa shape index (κ3) is 5.49. The first-order valence-electron chi connectivity index (χ1n) is 9.46. The highest BCUT2D eigenvalue weighted by atomic mass is 16.5. The van der Waals surface area contributed by atoms with Gasteiger partial charge < -0.3 is 19.7 Å². The van der Waals surface area contributed by atoms with E-state index in [9.17, 15) is 14.9 Å². The van der Waals surface area contributed by atoms with E-state index in [1.807, 2.05) is 37.3 Å². The van der Waals surface area contributed by atoms with Crippen molar-refractivity contribution >= 4 is 11.9 Å². The fraction of sp³-hybridized carbons (Fsp3) is 0.476. The molecule has 0 radical (unpaired) electrons. The molecule has 1 aliphatic heterocycles. The van der Waals surface area contributed by atoms with Gasteiger partial charge in [-0.3, -0.25) is 9.59 Å². The summed E-state index contributed by atoms with van der Waals surface area (Å²) in [7, 11) is 1.61. The fourth-order valence-corrected chi connectivity index (χ4v) is 3.09. The number of methoxy groups -OCH3 is 1. The molecule has 0 saturated carbocycles. The first-order valence-corrected chi connectivity index (χ1v) is 9.46. The number of rotatable bonds is 7. The molecule has 1 aliphatic rings. The minimum atomic E-state index is -0.320. The van der Waals surface area contributed by atoms with Crippen molar-refractivity contribution in [2.45, 2.75) is 32.7 Å². The van der Waals surface area contributed by atoms with E-state index in [0.717, 1.165) is 11.3 Å². The molecule has 1 fully saturated rings. The second-order valence-corrected chi connectivity index (χ2v) is 6.65. The molecule has 1 atom stereocenters. The SMILES string of the molecule is CCOC(=O)C1CCN(C(=O)/C(C#N)=C\NC(C)c2ccc(OC)cc2)CC1. The number of piperidine rings is 1. The van der Waals surface area contributed by atoms with Crippen LogP contribution in [0.2, 0.25) is 0 Å². The molecule has 1 saturated heterocycles. The summed E-state index contributed by atoms with van der Waals surface area (Å²) in [6.45, 7) is 4.96. The van der Waals surface area contributed by atoms with Gasteiger partial charge in [-0.1, -0.05) is 12.1 Å². The van der Waals surface area contributed by atoms with Gasteiger partial charge in [-0.2, -0.15) is 5.26 Å². The van der Waals surface area contributed by atoms with Crippen molar-refractivity contribution in [3.8, 4) is 11.8 Å². The number of hydrogen-bond donors (Lipinski definition) is 1. The molecule has 7 heteroatoms. The van der Waals surface area contributed by atoms with Crippen LogP contribution in [0.1, 0.15) is 38.3 Å². The summed E-state index contributed by atoms with van der Waals surface area (Å²) < 4.78 is 10.2. The largest absolute Gasteiger partial charge is 0.497 e. The first-order chi connectivity index (χ1) is 13.5. The van der Waals surface area contributed by atoms with E-state index in [4.69, 9.17) is 9.47 Å². The van der Waals surface area contributed by atoms with Crippen LogP contribution in [0, 0.1) is 17.2 Å². The lowest BCUT2D eigenvalue weighted by Gasteiger charge is -2.30. The van der Waals surface area contributed by atoms with Crippen LogP contribution in [-0.2, 0) is 14.3 Å². The lowest BCUT2D eigenvalue weighted by molar-refractivity contribution is -0.150. The monoisotopic (exact) mass is 385 g/mol. The Hall–Kier alpha value is -3.01. The van der Waals surface area contributed by atoms with E-state index in [2.05, 4.69) is 5.32 Å². The smallest absolute Gasteiger partial charge is 0.309 e. The van der Waals surface area contributed by atoms with Crippen LogP contribution in [0.3, 0.4) is 0 Å². The van der Waals surface area contributed by atoms with Crippen molar-refractivity contribution in [3.63, 3.8) is 0 Å². The number of carbonyl (C=O) groups is 2. The van der Waals surface area contributed by atoms with Crippen molar-refractivity contribution in [2.24, 2.45) is 5.92 Å². The molecular weight excluding hydrogens is 358 g/mol. The Kier molecular flexibility index (Phi) is 7.88. The molecule has 150 valence electrons. The fourth-order valence-electron chi connectivity index (χ4n) is 3.09. The number of benzene rings is 1. The van der Waals surface area contributed by atoms with Gasteiger partial charge in [0.05, 0.1) is 19.6 Å². The number of esters is 1. The highest BCUT2D eigenvalue weighted by molar-refractivity contribution is 5.97. The maximum Gasteiger partial charge on any atom is 0.309 e. The number of likely N-dealkylation sites (tertiary alicyclic amines) is 1. The van der Waals surface area contributed by atoms with Crippen LogP contribution in [0.15, 0.2) is 36.0 Å². The van der Waals surface area contributed by atoms with Crippen LogP contribution < -0.4 is 10.1 Å². The second-order valence-electron chi connectivity index (χ2n) is 6.65. The summed E-state index contributed by atoms with van der Waals surface area (Å²) in [5.41, 5.74) is 1.06. The third-order valence-electron chi connectivity index (χ3n) is 4.85. The van der Waals surface area contributed by atoms with Gasteiger partial charge in [-0.15, -0.1) is 0 Å². The molecule has 1 unspecified atom stereocenters. The van der Waals surface area contributed by atoms with Crippen molar-refractivity contribution in [1.82, 2.24) is 10.2 Å². The van der Waals surface area contributed by atoms with Crippen LogP contribution >= 0.6 is 0 Å². The quantitative estimate of drug-likeness (QED) is 0.441. The van der Waals surface area contributed by atoms with E-state index in [1.54, 1.807) is 18.9 Å². The molecule has 1 heterocycles. The normalized spacial score (nSPS) is 16.1. The molecule has 1 aromatic carbocycles. The highest BCUT2D eigenvalue weighted by Gasteiger charge is 2.29. The Morgan fingerprint density at radius 3 is 2.50 bits per heavy atom. The van der Waals surface area contributed by atoms with Crippen LogP contribution in [0.5, 0.6) is 5.75 Å². The van der Waals surface area contributed by atoms with Crippen molar-refractivity contribution in [3.05, 3.63) is 41.6 Å². The Labute approximate surface area is 165 Å². The van der Waals surface area contributed by atoms with Gasteiger partial charge in [0.2, 0.25) is 0 Å². The third-order valence-corrected chi connectivity index (χ3v) is 4.85. The molecule has 0 bridgehead atoms. The first kappa shape index (κ1) is 21.3. The molecule has 1 aromatic rings. The molecule has 7 nitrogen and oxygen atoms in total. The topological polar surface area (TPSA) is 91.7 Å². The summed E-state index contributed by atoms with van der Waals surface area (Å²) in [5.74, 6) is 0.0669.